The lowest BCUT2D eigenvalue weighted by atomic mass is 9.77. The SMILES string of the molecule is CCCN(Cc1ccc(-c2ccccc2-c2nnnn2C(c2ccccc2)(c2ccccc2)c2ccccc2)cc1)c1nnccc1C(=O)OCC. The van der Waals surface area contributed by atoms with Crippen molar-refractivity contribution >= 4 is 11.8 Å². The largest absolute Gasteiger partial charge is 0.462 e. The van der Waals surface area contributed by atoms with Crippen LogP contribution in [0.25, 0.3) is 22.5 Å². The van der Waals surface area contributed by atoms with Gasteiger partial charge in [-0.3, -0.25) is 0 Å². The van der Waals surface area contributed by atoms with E-state index in [2.05, 4.69) is 136 Å². The van der Waals surface area contributed by atoms with Gasteiger partial charge in [-0.2, -0.15) is 5.10 Å². The van der Waals surface area contributed by atoms with E-state index in [1.54, 1.807) is 13.0 Å². The Bertz CT molecular complexity index is 2130. The molecular formula is C43H39N7O2. The van der Waals surface area contributed by atoms with E-state index in [4.69, 9.17) is 15.0 Å². The van der Waals surface area contributed by atoms with Crippen LogP contribution < -0.4 is 4.90 Å². The molecule has 0 bridgehead atoms. The maximum atomic E-state index is 12.8. The number of hydrogen-bond donors (Lipinski definition) is 0. The summed E-state index contributed by atoms with van der Waals surface area (Å²) in [5, 5.41) is 22.2. The number of esters is 1. The summed E-state index contributed by atoms with van der Waals surface area (Å²) in [4.78, 5) is 14.8. The molecule has 0 aliphatic heterocycles. The van der Waals surface area contributed by atoms with Crippen LogP contribution in [0.1, 0.15) is 52.9 Å². The molecule has 52 heavy (non-hydrogen) atoms. The van der Waals surface area contributed by atoms with Gasteiger partial charge in [-0.05, 0) is 63.2 Å². The fourth-order valence-electron chi connectivity index (χ4n) is 6.88. The van der Waals surface area contributed by atoms with E-state index in [1.807, 2.05) is 35.0 Å². The van der Waals surface area contributed by atoms with Crippen LogP contribution in [0.3, 0.4) is 0 Å². The summed E-state index contributed by atoms with van der Waals surface area (Å²) in [5.41, 5.74) is 6.63. The van der Waals surface area contributed by atoms with E-state index in [-0.39, 0.29) is 6.61 Å². The second kappa shape index (κ2) is 15.6. The highest BCUT2D eigenvalue weighted by molar-refractivity contribution is 5.94. The summed E-state index contributed by atoms with van der Waals surface area (Å²) in [5.74, 6) is 0.751. The molecule has 5 aromatic carbocycles. The number of rotatable bonds is 13. The molecule has 0 aliphatic carbocycles. The number of anilines is 1. The molecule has 0 saturated heterocycles. The Morgan fingerprint density at radius 2 is 1.27 bits per heavy atom. The zero-order valence-electron chi connectivity index (χ0n) is 29.2. The average molecular weight is 686 g/mol. The first-order chi connectivity index (χ1) is 25.6. The van der Waals surface area contributed by atoms with Crippen LogP contribution in [0, 0.1) is 0 Å². The maximum Gasteiger partial charge on any atom is 0.342 e. The first-order valence-electron chi connectivity index (χ1n) is 17.5. The molecule has 9 heteroatoms. The fourth-order valence-corrected chi connectivity index (χ4v) is 6.88. The number of hydrogen-bond acceptors (Lipinski definition) is 8. The number of ether oxygens (including phenoxy) is 1. The first kappa shape index (κ1) is 34.0. The van der Waals surface area contributed by atoms with Gasteiger partial charge in [0.25, 0.3) is 0 Å². The van der Waals surface area contributed by atoms with Gasteiger partial charge < -0.3 is 9.64 Å². The first-order valence-corrected chi connectivity index (χ1v) is 17.5. The second-order valence-electron chi connectivity index (χ2n) is 12.4. The average Bonchev–Trinajstić information content (AvgIpc) is 3.70. The molecule has 0 spiro atoms. The molecule has 0 amide bonds. The highest BCUT2D eigenvalue weighted by Gasteiger charge is 2.42. The molecular weight excluding hydrogens is 647 g/mol. The van der Waals surface area contributed by atoms with Crippen molar-refractivity contribution in [2.45, 2.75) is 32.4 Å². The maximum absolute atomic E-state index is 12.8. The zero-order valence-corrected chi connectivity index (χ0v) is 29.2. The monoisotopic (exact) mass is 685 g/mol. The molecule has 2 aromatic heterocycles. The van der Waals surface area contributed by atoms with Crippen molar-refractivity contribution in [3.8, 4) is 22.5 Å². The van der Waals surface area contributed by atoms with Crippen LogP contribution in [0.2, 0.25) is 0 Å². The second-order valence-corrected chi connectivity index (χ2v) is 12.4. The third-order valence-corrected chi connectivity index (χ3v) is 9.16. The molecule has 0 fully saturated rings. The van der Waals surface area contributed by atoms with Crippen molar-refractivity contribution in [2.24, 2.45) is 0 Å². The lowest BCUT2D eigenvalue weighted by Crippen LogP contribution is -2.39. The summed E-state index contributed by atoms with van der Waals surface area (Å²) in [6.07, 6.45) is 2.39. The van der Waals surface area contributed by atoms with Crippen molar-refractivity contribution in [3.05, 3.63) is 180 Å². The molecule has 0 aliphatic rings. The van der Waals surface area contributed by atoms with Gasteiger partial charge in [0.2, 0.25) is 0 Å². The molecule has 0 atom stereocenters. The van der Waals surface area contributed by atoms with Crippen LogP contribution in [-0.2, 0) is 16.8 Å². The molecule has 0 radical (unpaired) electrons. The number of tetrazole rings is 1. The van der Waals surface area contributed by atoms with E-state index in [1.165, 1.54) is 6.20 Å². The van der Waals surface area contributed by atoms with Crippen molar-refractivity contribution in [1.82, 2.24) is 30.4 Å². The lowest BCUT2D eigenvalue weighted by molar-refractivity contribution is 0.0526. The number of nitrogens with zero attached hydrogens (tertiary/aromatic N) is 7. The summed E-state index contributed by atoms with van der Waals surface area (Å²) >= 11 is 0. The third kappa shape index (κ3) is 6.56. The Balaban J connectivity index is 1.30. The molecule has 0 saturated carbocycles. The van der Waals surface area contributed by atoms with Crippen LogP contribution in [-0.4, -0.2) is 49.5 Å². The standard InChI is InChI=1S/C43H39N7O2/c1-3-30-49(40-39(28-29-44-45-40)42(51)52-4-2)31-32-24-26-33(27-25-32)37-22-14-15-23-38(37)41-46-47-48-50(41)43(34-16-8-5-9-17-34,35-18-10-6-11-19-35)36-20-12-7-13-21-36/h5-29H,3-4,30-31H2,1-2H3. The lowest BCUT2D eigenvalue weighted by Gasteiger charge is -2.36. The molecule has 2 heterocycles. The van der Waals surface area contributed by atoms with Gasteiger partial charge in [0.1, 0.15) is 11.1 Å². The van der Waals surface area contributed by atoms with Gasteiger partial charge in [0.15, 0.2) is 11.6 Å². The van der Waals surface area contributed by atoms with Crippen molar-refractivity contribution < 1.29 is 9.53 Å². The van der Waals surface area contributed by atoms with Crippen LogP contribution in [0.5, 0.6) is 0 Å². The molecule has 0 unspecified atom stereocenters. The molecule has 7 rings (SSSR count). The van der Waals surface area contributed by atoms with Gasteiger partial charge in [0.05, 0.1) is 12.8 Å². The van der Waals surface area contributed by atoms with Gasteiger partial charge >= 0.3 is 5.97 Å². The van der Waals surface area contributed by atoms with Crippen LogP contribution in [0.4, 0.5) is 5.82 Å². The van der Waals surface area contributed by atoms with Crippen molar-refractivity contribution in [3.63, 3.8) is 0 Å². The molecule has 258 valence electrons. The fraction of sp³-hybridized carbons (Fsp3) is 0.163. The van der Waals surface area contributed by atoms with E-state index in [0.717, 1.165) is 45.4 Å². The highest BCUT2D eigenvalue weighted by atomic mass is 16.5. The van der Waals surface area contributed by atoms with E-state index in [9.17, 15) is 4.79 Å². The van der Waals surface area contributed by atoms with Gasteiger partial charge in [0, 0.05) is 18.7 Å². The summed E-state index contributed by atoms with van der Waals surface area (Å²) < 4.78 is 7.27. The number of carbonyl (C=O) groups excluding carboxylic acids is 1. The Morgan fingerprint density at radius 3 is 1.85 bits per heavy atom. The minimum atomic E-state index is -0.870. The van der Waals surface area contributed by atoms with E-state index >= 15 is 0 Å². The Hall–Kier alpha value is -6.48. The Morgan fingerprint density at radius 1 is 0.692 bits per heavy atom. The Kier molecular flexibility index (Phi) is 10.2. The number of benzene rings is 5. The Labute approximate surface area is 303 Å². The molecule has 0 N–H and O–H groups in total. The minimum Gasteiger partial charge on any atom is -0.462 e. The van der Waals surface area contributed by atoms with Crippen molar-refractivity contribution in [1.29, 1.82) is 0 Å². The highest BCUT2D eigenvalue weighted by Crippen LogP contribution is 2.43. The number of carbonyl (C=O) groups is 1. The van der Waals surface area contributed by atoms with Gasteiger partial charge in [-0.1, -0.05) is 146 Å². The van der Waals surface area contributed by atoms with Gasteiger partial charge in [-0.15, -0.1) is 10.2 Å². The van der Waals surface area contributed by atoms with Gasteiger partial charge in [-0.25, -0.2) is 9.48 Å². The normalized spacial score (nSPS) is 11.3. The van der Waals surface area contributed by atoms with Crippen molar-refractivity contribution in [2.75, 3.05) is 18.1 Å². The summed E-state index contributed by atoms with van der Waals surface area (Å²) in [7, 11) is 0. The topological polar surface area (TPSA) is 98.9 Å². The van der Waals surface area contributed by atoms with Crippen LogP contribution in [0.15, 0.2) is 152 Å². The predicted molar refractivity (Wildman–Crippen MR) is 203 cm³/mol. The summed E-state index contributed by atoms with van der Waals surface area (Å²) in [6, 6.07) is 49.6. The molecule has 7 aromatic rings. The summed E-state index contributed by atoms with van der Waals surface area (Å²) in [6.45, 7) is 5.43. The predicted octanol–water partition coefficient (Wildman–Crippen LogP) is 8.23. The smallest absolute Gasteiger partial charge is 0.342 e. The quantitative estimate of drug-likeness (QED) is 0.0885. The third-order valence-electron chi connectivity index (χ3n) is 9.16. The molecule has 9 nitrogen and oxygen atoms in total. The van der Waals surface area contributed by atoms with E-state index in [0.29, 0.717) is 30.3 Å². The van der Waals surface area contributed by atoms with E-state index < -0.39 is 11.5 Å². The minimum absolute atomic E-state index is 0.287. The van der Waals surface area contributed by atoms with Crippen LogP contribution >= 0.6 is 0 Å². The zero-order chi connectivity index (χ0) is 35.8. The number of aromatic nitrogens is 6.